The number of alkyl halides is 1. The second kappa shape index (κ2) is 10.2. The van der Waals surface area contributed by atoms with E-state index in [1.165, 1.54) is 11.8 Å². The van der Waals surface area contributed by atoms with Gasteiger partial charge in [0, 0.05) is 17.2 Å². The van der Waals surface area contributed by atoms with Crippen LogP contribution < -0.4 is 0 Å². The number of hydrogen-bond acceptors (Lipinski definition) is 5. The van der Waals surface area contributed by atoms with Crippen LogP contribution in [0.1, 0.15) is 27.7 Å². The van der Waals surface area contributed by atoms with Crippen LogP contribution in [0.4, 0.5) is 4.39 Å². The van der Waals surface area contributed by atoms with Crippen molar-refractivity contribution in [3.63, 3.8) is 0 Å². The van der Waals surface area contributed by atoms with Crippen LogP contribution in [0.5, 0.6) is 0 Å². The molecule has 0 spiro atoms. The Bertz CT molecular complexity index is 414. The maximum atomic E-state index is 14.5. The van der Waals surface area contributed by atoms with E-state index in [9.17, 15) is 4.39 Å². The zero-order chi connectivity index (χ0) is 18.3. The Hall–Kier alpha value is 0.105. The average Bonchev–Trinajstić information content (AvgIpc) is 2.74. The molecule has 5 atom stereocenters. The highest BCUT2D eigenvalue weighted by atomic mass is 32.2. The minimum atomic E-state index is -1.54. The molecular weight excluding hydrogens is 337 g/mol. The van der Waals surface area contributed by atoms with E-state index in [4.69, 9.17) is 24.9 Å². The predicted octanol–water partition coefficient (Wildman–Crippen LogP) is 2.59. The van der Waals surface area contributed by atoms with E-state index in [0.29, 0.717) is 0 Å². The van der Waals surface area contributed by atoms with Crippen LogP contribution in [0.2, 0.25) is 0 Å². The lowest BCUT2D eigenvalue weighted by atomic mass is 9.95. The van der Waals surface area contributed by atoms with Crippen molar-refractivity contribution >= 4 is 28.1 Å². The molecule has 1 N–H and O–H groups in total. The van der Waals surface area contributed by atoms with Gasteiger partial charge in [0.1, 0.15) is 18.9 Å². The highest BCUT2D eigenvalue weighted by Crippen LogP contribution is 2.51. The van der Waals surface area contributed by atoms with Gasteiger partial charge in [-0.1, -0.05) is 0 Å². The Kier molecular flexibility index (Phi) is 8.60. The summed E-state index contributed by atoms with van der Waals surface area (Å²) >= 11 is 1.23. The Balaban J connectivity index is 2.90. The fourth-order valence-corrected chi connectivity index (χ4v) is 5.40. The number of aliphatic hydroxyl groups excluding tert-OH is 1. The monoisotopic (exact) mass is 363 g/mol. The SMILES string of the molecule is [2H]OC[C@H]1S[C@@H]([B])[C@@H](F)[C@@H]1OP(OCC[N+]#[C-])N(C(C)C)C(C)C. The van der Waals surface area contributed by atoms with E-state index in [2.05, 4.69) is 9.95 Å². The second-order valence-electron chi connectivity index (χ2n) is 5.84. The largest absolute Gasteiger partial charge is 0.395 e. The van der Waals surface area contributed by atoms with Gasteiger partial charge in [-0.15, -0.1) is 0 Å². The molecule has 0 bridgehead atoms. The van der Waals surface area contributed by atoms with E-state index >= 15 is 0 Å². The first-order valence-corrected chi connectivity index (χ1v) is 9.75. The second-order valence-corrected chi connectivity index (χ2v) is 8.67. The van der Waals surface area contributed by atoms with Crippen molar-refractivity contribution in [3.05, 3.63) is 11.4 Å². The zero-order valence-electron chi connectivity index (χ0n) is 15.0. The third-order valence-electron chi connectivity index (χ3n) is 3.35. The molecule has 1 aliphatic rings. The van der Waals surface area contributed by atoms with E-state index < -0.39 is 26.0 Å². The molecule has 0 aromatic rings. The van der Waals surface area contributed by atoms with Gasteiger partial charge in [-0.2, -0.15) is 11.8 Å². The Morgan fingerprint density at radius 2 is 2.13 bits per heavy atom. The molecule has 9 heteroatoms. The van der Waals surface area contributed by atoms with Crippen molar-refractivity contribution in [3.8, 4) is 0 Å². The summed E-state index contributed by atoms with van der Waals surface area (Å²) < 4.78 is 35.2. The van der Waals surface area contributed by atoms with Crippen molar-refractivity contribution in [1.82, 2.24) is 4.67 Å². The summed E-state index contributed by atoms with van der Waals surface area (Å²) in [4.78, 5) is 3.28. The van der Waals surface area contributed by atoms with Crippen LogP contribution >= 0.6 is 20.3 Å². The third kappa shape index (κ3) is 5.84. The van der Waals surface area contributed by atoms with Gasteiger partial charge in [0.05, 0.1) is 19.7 Å². The third-order valence-corrected chi connectivity index (χ3v) is 6.81. The average molecular weight is 363 g/mol. The molecule has 23 heavy (non-hydrogen) atoms. The van der Waals surface area contributed by atoms with Crippen LogP contribution in [0.25, 0.3) is 4.85 Å². The molecule has 1 aliphatic heterocycles. The summed E-state index contributed by atoms with van der Waals surface area (Å²) in [7, 11) is 4.24. The number of rotatable bonds is 10. The summed E-state index contributed by atoms with van der Waals surface area (Å²) in [6.45, 7) is 15.4. The Labute approximate surface area is 147 Å². The standard InChI is InChI=1S/C14H25BFN2O3PS/c1-9(2)18(10(3)4)22(20-7-6-17-5)21-13-11(8-19)23-14(15)12(13)16/h9-14,19H,6-8H2,1-4H3/t11-,12+,13-,14-,22?/m1/s1/i19D. The van der Waals surface area contributed by atoms with Gasteiger partial charge >= 0.3 is 0 Å². The van der Waals surface area contributed by atoms with Crippen molar-refractivity contribution in [1.29, 1.82) is 1.43 Å². The quantitative estimate of drug-likeness (QED) is 0.280. The first-order valence-electron chi connectivity index (χ1n) is 8.08. The van der Waals surface area contributed by atoms with Crippen molar-refractivity contribution in [2.24, 2.45) is 0 Å². The molecular formula is C14H25BFN2O3PS. The molecule has 1 rings (SSSR count). The normalized spacial score (nSPS) is 30.0. The summed E-state index contributed by atoms with van der Waals surface area (Å²) in [6, 6.07) is 0.270. The van der Waals surface area contributed by atoms with E-state index in [1.807, 2.05) is 32.4 Å². The number of nitrogens with zero attached hydrogens (tertiary/aromatic N) is 2. The van der Waals surface area contributed by atoms with Crippen molar-refractivity contribution < 1.29 is 18.5 Å². The van der Waals surface area contributed by atoms with Gasteiger partial charge in [-0.3, -0.25) is 0 Å². The van der Waals surface area contributed by atoms with Crippen molar-refractivity contribution in [2.75, 3.05) is 19.8 Å². The number of thioether (sulfide) groups is 1. The molecule has 2 radical (unpaired) electrons. The molecule has 0 saturated carbocycles. The number of aliphatic hydroxyl groups is 1. The number of halogens is 1. The highest BCUT2D eigenvalue weighted by molar-refractivity contribution is 8.02. The summed E-state index contributed by atoms with van der Waals surface area (Å²) in [5.41, 5.74) is 0. The lowest BCUT2D eigenvalue weighted by Crippen LogP contribution is -2.38. The lowest BCUT2D eigenvalue weighted by molar-refractivity contribution is 0.0730. The Morgan fingerprint density at radius 1 is 1.48 bits per heavy atom. The van der Waals surface area contributed by atoms with Crippen LogP contribution in [-0.4, -0.2) is 73.6 Å². The van der Waals surface area contributed by atoms with Gasteiger partial charge in [0.2, 0.25) is 7.98 Å². The van der Waals surface area contributed by atoms with E-state index in [-0.39, 0.29) is 37.1 Å². The molecule has 0 aromatic heterocycles. The first kappa shape index (κ1) is 19.4. The van der Waals surface area contributed by atoms with Gasteiger partial charge < -0.3 is 19.0 Å². The zero-order valence-corrected chi connectivity index (χ0v) is 15.7. The molecule has 1 fully saturated rings. The maximum Gasteiger partial charge on any atom is 0.259 e. The molecule has 1 saturated heterocycles. The van der Waals surface area contributed by atoms with Crippen molar-refractivity contribution in [2.45, 2.75) is 62.5 Å². The van der Waals surface area contributed by atoms with Gasteiger partial charge in [-0.25, -0.2) is 15.6 Å². The van der Waals surface area contributed by atoms with E-state index in [1.54, 1.807) is 0 Å². The predicted molar refractivity (Wildman–Crippen MR) is 94.2 cm³/mol. The topological polar surface area (TPSA) is 46.3 Å². The first-order chi connectivity index (χ1) is 11.3. The van der Waals surface area contributed by atoms with E-state index in [0.717, 1.165) is 0 Å². The highest BCUT2D eigenvalue weighted by Gasteiger charge is 2.45. The minimum absolute atomic E-state index is 0.0397. The molecule has 5 nitrogen and oxygen atoms in total. The molecule has 0 aliphatic carbocycles. The molecule has 1 heterocycles. The molecule has 130 valence electrons. The number of hydrogen-bond donors (Lipinski definition) is 1. The fraction of sp³-hybridized carbons (Fsp3) is 0.929. The summed E-state index contributed by atoms with van der Waals surface area (Å²) in [5.74, 6) is 0. The Morgan fingerprint density at radius 3 is 2.65 bits per heavy atom. The lowest BCUT2D eigenvalue weighted by Gasteiger charge is -2.37. The van der Waals surface area contributed by atoms with Crippen LogP contribution in [0.3, 0.4) is 0 Å². The molecule has 0 amide bonds. The van der Waals surface area contributed by atoms with Crippen LogP contribution in [0, 0.1) is 6.57 Å². The fourth-order valence-electron chi connectivity index (χ4n) is 2.40. The molecule has 1 unspecified atom stereocenters. The summed E-state index contributed by atoms with van der Waals surface area (Å²) in [6.07, 6.45) is -2.15. The van der Waals surface area contributed by atoms with Crippen LogP contribution in [-0.2, 0) is 9.05 Å². The molecule has 0 aromatic carbocycles. The smallest absolute Gasteiger partial charge is 0.259 e. The summed E-state index contributed by atoms with van der Waals surface area (Å²) in [5, 5.41) is 3.36. The van der Waals surface area contributed by atoms with Gasteiger partial charge in [0.15, 0.2) is 0 Å². The minimum Gasteiger partial charge on any atom is -0.395 e. The van der Waals surface area contributed by atoms with Crippen LogP contribution in [0.15, 0.2) is 0 Å². The van der Waals surface area contributed by atoms with Gasteiger partial charge in [0.25, 0.3) is 8.53 Å². The van der Waals surface area contributed by atoms with Gasteiger partial charge in [-0.05, 0) is 27.7 Å². The maximum absolute atomic E-state index is 14.5.